The molecule has 0 spiro atoms. The summed E-state index contributed by atoms with van der Waals surface area (Å²) in [4.78, 5) is 12.2. The predicted molar refractivity (Wildman–Crippen MR) is 70.9 cm³/mol. The smallest absolute Gasteiger partial charge is 0.257 e. The van der Waals surface area contributed by atoms with E-state index in [1.54, 1.807) is 13.8 Å². The van der Waals surface area contributed by atoms with E-state index in [1.807, 2.05) is 6.92 Å². The maximum absolute atomic E-state index is 12.2. The third-order valence-corrected chi connectivity index (χ3v) is 3.56. The molecular weight excluding hydrogens is 254 g/mol. The Labute approximate surface area is 113 Å². The molecule has 0 aliphatic heterocycles. The largest absolute Gasteiger partial charge is 0.361 e. The van der Waals surface area contributed by atoms with Crippen molar-refractivity contribution in [2.45, 2.75) is 39.2 Å². The van der Waals surface area contributed by atoms with Crippen LogP contribution in [-0.4, -0.2) is 23.1 Å². The lowest BCUT2D eigenvalue weighted by atomic mass is 9.95. The lowest BCUT2D eigenvalue weighted by molar-refractivity contribution is 0.0895. The Balaban J connectivity index is 0.00000162. The molecule has 1 heterocycles. The van der Waals surface area contributed by atoms with E-state index in [-0.39, 0.29) is 23.9 Å². The van der Waals surface area contributed by atoms with Crippen LogP contribution in [-0.2, 0) is 0 Å². The molecule has 3 N–H and O–H groups in total. The summed E-state index contributed by atoms with van der Waals surface area (Å²) in [6, 6.07) is 0. The first kappa shape index (κ1) is 15.0. The zero-order chi connectivity index (χ0) is 12.6. The molecule has 18 heavy (non-hydrogen) atoms. The number of aryl methyl sites for hydroxylation is 2. The van der Waals surface area contributed by atoms with Gasteiger partial charge in [0.25, 0.3) is 5.91 Å². The van der Waals surface area contributed by atoms with Gasteiger partial charge in [-0.15, -0.1) is 12.4 Å². The summed E-state index contributed by atoms with van der Waals surface area (Å²) in [6.07, 6.45) is 2.27. The molecule has 1 atom stereocenters. The SMILES string of the molecule is Cc1noc(C)c1C(=O)NC(C)(CN)C1CC1.Cl. The summed E-state index contributed by atoms with van der Waals surface area (Å²) in [7, 11) is 0. The van der Waals surface area contributed by atoms with Crippen LogP contribution in [0.3, 0.4) is 0 Å². The zero-order valence-electron chi connectivity index (χ0n) is 10.9. The van der Waals surface area contributed by atoms with Crippen molar-refractivity contribution in [3.63, 3.8) is 0 Å². The van der Waals surface area contributed by atoms with Crippen LogP contribution in [0.4, 0.5) is 0 Å². The summed E-state index contributed by atoms with van der Waals surface area (Å²) in [5.41, 5.74) is 6.61. The number of amides is 1. The molecular formula is C12H20ClN3O2. The molecule has 1 saturated carbocycles. The first-order valence-corrected chi connectivity index (χ1v) is 5.93. The highest BCUT2D eigenvalue weighted by Crippen LogP contribution is 2.39. The number of nitrogens with one attached hydrogen (secondary N) is 1. The van der Waals surface area contributed by atoms with Crippen LogP contribution >= 0.6 is 12.4 Å². The number of rotatable bonds is 4. The number of halogens is 1. The molecule has 0 radical (unpaired) electrons. The van der Waals surface area contributed by atoms with E-state index in [0.29, 0.717) is 29.5 Å². The van der Waals surface area contributed by atoms with Gasteiger partial charge in [0.05, 0.1) is 11.2 Å². The van der Waals surface area contributed by atoms with Crippen molar-refractivity contribution in [1.82, 2.24) is 10.5 Å². The fraction of sp³-hybridized carbons (Fsp3) is 0.667. The van der Waals surface area contributed by atoms with Gasteiger partial charge in [0.15, 0.2) is 0 Å². The fourth-order valence-corrected chi connectivity index (χ4v) is 2.17. The van der Waals surface area contributed by atoms with E-state index in [4.69, 9.17) is 10.3 Å². The van der Waals surface area contributed by atoms with Crippen molar-refractivity contribution < 1.29 is 9.32 Å². The molecule has 1 aliphatic carbocycles. The van der Waals surface area contributed by atoms with Gasteiger partial charge >= 0.3 is 0 Å². The molecule has 6 heteroatoms. The molecule has 1 unspecified atom stereocenters. The quantitative estimate of drug-likeness (QED) is 0.872. The molecule has 1 fully saturated rings. The first-order valence-electron chi connectivity index (χ1n) is 5.93. The Morgan fingerprint density at radius 3 is 2.56 bits per heavy atom. The molecule has 1 aliphatic rings. The second-order valence-corrected chi connectivity index (χ2v) is 5.05. The van der Waals surface area contributed by atoms with E-state index in [9.17, 15) is 4.79 Å². The van der Waals surface area contributed by atoms with Gasteiger partial charge in [-0.3, -0.25) is 4.79 Å². The average Bonchev–Trinajstić information content (AvgIpc) is 3.06. The third-order valence-electron chi connectivity index (χ3n) is 3.56. The van der Waals surface area contributed by atoms with Gasteiger partial charge in [-0.25, -0.2) is 0 Å². The minimum atomic E-state index is -0.312. The minimum Gasteiger partial charge on any atom is -0.361 e. The summed E-state index contributed by atoms with van der Waals surface area (Å²) in [5.74, 6) is 0.910. The lowest BCUT2D eigenvalue weighted by Crippen LogP contribution is -2.53. The standard InChI is InChI=1S/C12H19N3O2.ClH/c1-7-10(8(2)17-15-7)11(16)14-12(3,6-13)9-4-5-9;/h9H,4-6,13H2,1-3H3,(H,14,16);1H. The van der Waals surface area contributed by atoms with Crippen molar-refractivity contribution in [1.29, 1.82) is 0 Å². The van der Waals surface area contributed by atoms with Crippen molar-refractivity contribution in [3.05, 3.63) is 17.0 Å². The van der Waals surface area contributed by atoms with Crippen molar-refractivity contribution in [2.24, 2.45) is 11.7 Å². The zero-order valence-corrected chi connectivity index (χ0v) is 11.8. The van der Waals surface area contributed by atoms with Gasteiger partial charge < -0.3 is 15.6 Å². The van der Waals surface area contributed by atoms with Gasteiger partial charge in [-0.2, -0.15) is 0 Å². The second-order valence-electron chi connectivity index (χ2n) is 5.05. The monoisotopic (exact) mass is 273 g/mol. The molecule has 1 amide bonds. The maximum atomic E-state index is 12.2. The topological polar surface area (TPSA) is 81.2 Å². The molecule has 1 aromatic rings. The first-order chi connectivity index (χ1) is 7.98. The van der Waals surface area contributed by atoms with Crippen LogP contribution in [0, 0.1) is 19.8 Å². The van der Waals surface area contributed by atoms with Crippen LogP contribution < -0.4 is 11.1 Å². The summed E-state index contributed by atoms with van der Waals surface area (Å²) in [6.45, 7) is 5.96. The molecule has 5 nitrogen and oxygen atoms in total. The Morgan fingerprint density at radius 2 is 2.17 bits per heavy atom. The lowest BCUT2D eigenvalue weighted by Gasteiger charge is -2.29. The van der Waals surface area contributed by atoms with E-state index in [0.717, 1.165) is 12.8 Å². The highest BCUT2D eigenvalue weighted by Gasteiger charge is 2.42. The Morgan fingerprint density at radius 1 is 1.56 bits per heavy atom. The van der Waals surface area contributed by atoms with Crippen molar-refractivity contribution in [3.8, 4) is 0 Å². The van der Waals surface area contributed by atoms with Crippen molar-refractivity contribution in [2.75, 3.05) is 6.54 Å². The van der Waals surface area contributed by atoms with E-state index < -0.39 is 0 Å². The van der Waals surface area contributed by atoms with E-state index >= 15 is 0 Å². The van der Waals surface area contributed by atoms with Gasteiger partial charge in [-0.05, 0) is 39.5 Å². The Bertz CT molecular complexity index is 423. The number of hydrogen-bond donors (Lipinski definition) is 2. The maximum Gasteiger partial charge on any atom is 0.257 e. The Hall–Kier alpha value is -1.07. The van der Waals surface area contributed by atoms with Crippen LogP contribution in [0.25, 0.3) is 0 Å². The Kier molecular flexibility index (Phi) is 4.40. The van der Waals surface area contributed by atoms with E-state index in [1.165, 1.54) is 0 Å². The van der Waals surface area contributed by atoms with Crippen LogP contribution in [0.2, 0.25) is 0 Å². The molecule has 2 rings (SSSR count). The summed E-state index contributed by atoms with van der Waals surface area (Å²) >= 11 is 0. The second kappa shape index (κ2) is 5.28. The van der Waals surface area contributed by atoms with Gasteiger partial charge in [0.2, 0.25) is 0 Å². The van der Waals surface area contributed by atoms with Gasteiger partial charge in [0.1, 0.15) is 11.3 Å². The minimum absolute atomic E-state index is 0. The molecule has 102 valence electrons. The van der Waals surface area contributed by atoms with Crippen molar-refractivity contribution >= 4 is 18.3 Å². The molecule has 0 bridgehead atoms. The third kappa shape index (κ3) is 2.67. The van der Waals surface area contributed by atoms with Crippen LogP contribution in [0.1, 0.15) is 41.6 Å². The molecule has 0 aromatic carbocycles. The number of aromatic nitrogens is 1. The number of nitrogens with two attached hydrogens (primary N) is 1. The molecule has 1 aromatic heterocycles. The van der Waals surface area contributed by atoms with E-state index in [2.05, 4.69) is 10.5 Å². The number of carbonyl (C=O) groups is 1. The van der Waals surface area contributed by atoms with Gasteiger partial charge in [-0.1, -0.05) is 5.16 Å². The normalized spacial score (nSPS) is 17.8. The van der Waals surface area contributed by atoms with Crippen LogP contribution in [0.15, 0.2) is 4.52 Å². The number of carbonyl (C=O) groups excluding carboxylic acids is 1. The summed E-state index contributed by atoms with van der Waals surface area (Å²) < 4.78 is 5.00. The highest BCUT2D eigenvalue weighted by molar-refractivity contribution is 5.96. The number of hydrogen-bond acceptors (Lipinski definition) is 4. The predicted octanol–water partition coefficient (Wildman–Crippen LogP) is 1.57. The van der Waals surface area contributed by atoms with Gasteiger partial charge in [0, 0.05) is 6.54 Å². The number of nitrogens with zero attached hydrogens (tertiary/aromatic N) is 1. The molecule has 0 saturated heterocycles. The van der Waals surface area contributed by atoms with Crippen LogP contribution in [0.5, 0.6) is 0 Å². The summed E-state index contributed by atoms with van der Waals surface area (Å²) in [5, 5.41) is 6.81. The highest BCUT2D eigenvalue weighted by atomic mass is 35.5. The fourth-order valence-electron chi connectivity index (χ4n) is 2.17. The average molecular weight is 274 g/mol.